The number of aromatic nitrogens is 3. The van der Waals surface area contributed by atoms with E-state index in [1.54, 1.807) is 11.6 Å². The van der Waals surface area contributed by atoms with E-state index in [2.05, 4.69) is 10.2 Å². The number of rotatable bonds is 2. The zero-order valence-electron chi connectivity index (χ0n) is 8.19. The third-order valence-electron chi connectivity index (χ3n) is 2.14. The van der Waals surface area contributed by atoms with Gasteiger partial charge < -0.3 is 10.2 Å². The molecule has 5 nitrogen and oxygen atoms in total. The average Bonchev–Trinajstić information content (AvgIpc) is 2.75. The summed E-state index contributed by atoms with van der Waals surface area (Å²) in [6, 6.07) is 3.81. The van der Waals surface area contributed by atoms with E-state index in [9.17, 15) is 0 Å². The maximum absolute atomic E-state index is 5.56. The Morgan fingerprint density at radius 3 is 2.71 bits per heavy atom. The molecule has 0 saturated heterocycles. The highest BCUT2D eigenvalue weighted by molar-refractivity contribution is 5.49. The fourth-order valence-electron chi connectivity index (χ4n) is 1.24. The first-order valence-electron chi connectivity index (χ1n) is 4.46. The number of anilines is 1. The van der Waals surface area contributed by atoms with Crippen LogP contribution in [0.25, 0.3) is 11.6 Å². The molecule has 0 aromatic carbocycles. The van der Waals surface area contributed by atoms with Gasteiger partial charge in [-0.3, -0.25) is 4.57 Å². The van der Waals surface area contributed by atoms with Crippen molar-refractivity contribution >= 4 is 5.95 Å². The molecule has 0 aliphatic carbocycles. The smallest absolute Gasteiger partial charge is 0.222 e. The van der Waals surface area contributed by atoms with Gasteiger partial charge in [0.15, 0.2) is 5.76 Å². The van der Waals surface area contributed by atoms with Crippen molar-refractivity contribution in [1.29, 1.82) is 0 Å². The first kappa shape index (κ1) is 8.80. The molecule has 2 aromatic heterocycles. The van der Waals surface area contributed by atoms with Crippen LogP contribution < -0.4 is 5.73 Å². The highest BCUT2D eigenvalue weighted by Crippen LogP contribution is 2.20. The van der Waals surface area contributed by atoms with Crippen LogP contribution in [0.2, 0.25) is 0 Å². The predicted molar refractivity (Wildman–Crippen MR) is 52.5 cm³/mol. The second kappa shape index (κ2) is 3.17. The van der Waals surface area contributed by atoms with Gasteiger partial charge in [-0.15, -0.1) is 10.2 Å². The molecular formula is C9H12N4O. The third kappa shape index (κ3) is 1.26. The molecule has 0 fully saturated rings. The fraction of sp³-hybridized carbons (Fsp3) is 0.333. The lowest BCUT2D eigenvalue weighted by Crippen LogP contribution is -1.98. The molecule has 74 valence electrons. The number of aryl methyl sites for hydroxylation is 1. The Morgan fingerprint density at radius 1 is 1.43 bits per heavy atom. The van der Waals surface area contributed by atoms with Gasteiger partial charge in [0, 0.05) is 13.5 Å². The number of hydrogen-bond acceptors (Lipinski definition) is 4. The van der Waals surface area contributed by atoms with Gasteiger partial charge in [0.2, 0.25) is 11.8 Å². The van der Waals surface area contributed by atoms with E-state index in [4.69, 9.17) is 10.2 Å². The zero-order chi connectivity index (χ0) is 10.1. The SMILES string of the molecule is CCc1ccc(-c2nnc(N)n2C)o1. The van der Waals surface area contributed by atoms with Gasteiger partial charge in [0.1, 0.15) is 5.76 Å². The molecule has 2 rings (SSSR count). The molecule has 2 aromatic rings. The highest BCUT2D eigenvalue weighted by atomic mass is 16.3. The summed E-state index contributed by atoms with van der Waals surface area (Å²) in [5, 5.41) is 7.69. The summed E-state index contributed by atoms with van der Waals surface area (Å²) < 4.78 is 7.23. The van der Waals surface area contributed by atoms with E-state index in [1.165, 1.54) is 0 Å². The van der Waals surface area contributed by atoms with Gasteiger partial charge in [0.25, 0.3) is 0 Å². The van der Waals surface area contributed by atoms with Crippen LogP contribution in [0.15, 0.2) is 16.5 Å². The molecular weight excluding hydrogens is 180 g/mol. The van der Waals surface area contributed by atoms with Crippen molar-refractivity contribution < 1.29 is 4.42 Å². The molecule has 0 spiro atoms. The van der Waals surface area contributed by atoms with Crippen LogP contribution in [0.4, 0.5) is 5.95 Å². The van der Waals surface area contributed by atoms with Crippen molar-refractivity contribution in [2.75, 3.05) is 5.73 Å². The molecule has 0 unspecified atom stereocenters. The first-order valence-corrected chi connectivity index (χ1v) is 4.46. The lowest BCUT2D eigenvalue weighted by molar-refractivity contribution is 0.523. The number of furan rings is 1. The summed E-state index contributed by atoms with van der Waals surface area (Å²) >= 11 is 0. The standard InChI is InChI=1S/C9H12N4O/c1-3-6-4-5-7(14-6)8-11-12-9(10)13(8)2/h4-5H,3H2,1-2H3,(H2,10,12). The molecule has 0 atom stereocenters. The maximum Gasteiger partial charge on any atom is 0.222 e. The highest BCUT2D eigenvalue weighted by Gasteiger charge is 2.11. The largest absolute Gasteiger partial charge is 0.458 e. The van der Waals surface area contributed by atoms with Crippen LogP contribution in [0.1, 0.15) is 12.7 Å². The van der Waals surface area contributed by atoms with Crippen LogP contribution >= 0.6 is 0 Å². The van der Waals surface area contributed by atoms with Crippen LogP contribution in [0.5, 0.6) is 0 Å². The molecule has 0 bridgehead atoms. The number of nitrogens with two attached hydrogens (primary N) is 1. The summed E-state index contributed by atoms with van der Waals surface area (Å²) in [4.78, 5) is 0. The van der Waals surface area contributed by atoms with Crippen LogP contribution in [-0.2, 0) is 13.5 Å². The Labute approximate surface area is 81.5 Å². The van der Waals surface area contributed by atoms with Crippen molar-refractivity contribution in [2.24, 2.45) is 7.05 Å². The summed E-state index contributed by atoms with van der Waals surface area (Å²) in [5.74, 6) is 2.67. The topological polar surface area (TPSA) is 69.9 Å². The molecule has 0 aliphatic heterocycles. The predicted octanol–water partition coefficient (Wildman–Crippen LogP) is 1.22. The van der Waals surface area contributed by atoms with Gasteiger partial charge in [-0.05, 0) is 12.1 Å². The zero-order valence-corrected chi connectivity index (χ0v) is 8.19. The summed E-state index contributed by atoms with van der Waals surface area (Å²) in [6.07, 6.45) is 0.868. The van der Waals surface area contributed by atoms with Crippen molar-refractivity contribution in [3.05, 3.63) is 17.9 Å². The molecule has 0 aliphatic rings. The Balaban J connectivity index is 2.44. The van der Waals surface area contributed by atoms with Crippen molar-refractivity contribution in [3.8, 4) is 11.6 Å². The molecule has 5 heteroatoms. The second-order valence-electron chi connectivity index (χ2n) is 3.06. The van der Waals surface area contributed by atoms with Gasteiger partial charge in [-0.25, -0.2) is 0 Å². The van der Waals surface area contributed by atoms with E-state index in [-0.39, 0.29) is 0 Å². The Kier molecular flexibility index (Phi) is 1.99. The normalized spacial score (nSPS) is 10.7. The molecule has 2 N–H and O–H groups in total. The van der Waals surface area contributed by atoms with E-state index >= 15 is 0 Å². The summed E-state index contributed by atoms with van der Waals surface area (Å²) in [7, 11) is 1.80. The molecule has 2 heterocycles. The van der Waals surface area contributed by atoms with E-state index in [0.717, 1.165) is 12.2 Å². The monoisotopic (exact) mass is 192 g/mol. The van der Waals surface area contributed by atoms with Crippen LogP contribution in [-0.4, -0.2) is 14.8 Å². The van der Waals surface area contributed by atoms with E-state index in [1.807, 2.05) is 19.1 Å². The molecule has 0 saturated carbocycles. The minimum Gasteiger partial charge on any atom is -0.458 e. The summed E-state index contributed by atoms with van der Waals surface area (Å²) in [5.41, 5.74) is 5.56. The van der Waals surface area contributed by atoms with Crippen LogP contribution in [0, 0.1) is 0 Å². The first-order chi connectivity index (χ1) is 6.72. The number of hydrogen-bond donors (Lipinski definition) is 1. The molecule has 0 radical (unpaired) electrons. The second-order valence-corrected chi connectivity index (χ2v) is 3.06. The number of nitrogens with zero attached hydrogens (tertiary/aromatic N) is 3. The van der Waals surface area contributed by atoms with Gasteiger partial charge in [-0.1, -0.05) is 6.92 Å². The van der Waals surface area contributed by atoms with Crippen molar-refractivity contribution in [3.63, 3.8) is 0 Å². The van der Waals surface area contributed by atoms with E-state index < -0.39 is 0 Å². The Hall–Kier alpha value is -1.78. The quantitative estimate of drug-likeness (QED) is 0.776. The van der Waals surface area contributed by atoms with E-state index in [0.29, 0.717) is 17.5 Å². The fourth-order valence-corrected chi connectivity index (χ4v) is 1.24. The van der Waals surface area contributed by atoms with Gasteiger partial charge in [-0.2, -0.15) is 0 Å². The van der Waals surface area contributed by atoms with Crippen LogP contribution in [0.3, 0.4) is 0 Å². The maximum atomic E-state index is 5.56. The third-order valence-corrected chi connectivity index (χ3v) is 2.14. The van der Waals surface area contributed by atoms with Gasteiger partial charge in [0.05, 0.1) is 0 Å². The minimum atomic E-state index is 0.384. The Bertz CT molecular complexity index is 443. The van der Waals surface area contributed by atoms with Crippen molar-refractivity contribution in [2.45, 2.75) is 13.3 Å². The number of nitrogen functional groups attached to an aromatic ring is 1. The van der Waals surface area contributed by atoms with Crippen molar-refractivity contribution in [1.82, 2.24) is 14.8 Å². The lowest BCUT2D eigenvalue weighted by Gasteiger charge is -1.96. The summed E-state index contributed by atoms with van der Waals surface area (Å²) in [6.45, 7) is 2.04. The average molecular weight is 192 g/mol. The van der Waals surface area contributed by atoms with Gasteiger partial charge >= 0.3 is 0 Å². The Morgan fingerprint density at radius 2 is 2.21 bits per heavy atom. The lowest BCUT2D eigenvalue weighted by atomic mass is 10.3. The minimum absolute atomic E-state index is 0.384. The molecule has 0 amide bonds. The molecule has 14 heavy (non-hydrogen) atoms.